The minimum Gasteiger partial charge on any atom is -0.494 e. The first-order valence-corrected chi connectivity index (χ1v) is 7.37. The van der Waals surface area contributed by atoms with Gasteiger partial charge in [-0.2, -0.15) is 0 Å². The molecule has 2 atom stereocenters. The van der Waals surface area contributed by atoms with Crippen LogP contribution < -0.4 is 15.4 Å². The number of amides is 1. The molecular weight excluding hydrogens is 331 g/mol. The SMILES string of the molecule is COc1ccc(N(C)C(=O)C(C)C(N)c2ccccc2)cc1F.Cl. The first-order chi connectivity index (χ1) is 11.0. The lowest BCUT2D eigenvalue weighted by Crippen LogP contribution is -2.37. The van der Waals surface area contributed by atoms with E-state index in [1.54, 1.807) is 20.0 Å². The number of nitrogens with zero attached hydrogens (tertiary/aromatic N) is 1. The van der Waals surface area contributed by atoms with Gasteiger partial charge in [-0.05, 0) is 17.7 Å². The Morgan fingerprint density at radius 1 is 1.21 bits per heavy atom. The van der Waals surface area contributed by atoms with Crippen molar-refractivity contribution in [2.75, 3.05) is 19.1 Å². The Bertz CT molecular complexity index is 682. The van der Waals surface area contributed by atoms with Crippen molar-refractivity contribution in [3.8, 4) is 5.75 Å². The van der Waals surface area contributed by atoms with Crippen LogP contribution in [0.15, 0.2) is 48.5 Å². The highest BCUT2D eigenvalue weighted by atomic mass is 35.5. The fraction of sp³-hybridized carbons (Fsp3) is 0.278. The van der Waals surface area contributed by atoms with Crippen LogP contribution in [0.5, 0.6) is 5.75 Å². The van der Waals surface area contributed by atoms with Crippen molar-refractivity contribution in [1.29, 1.82) is 0 Å². The molecule has 4 nitrogen and oxygen atoms in total. The third kappa shape index (κ3) is 4.24. The van der Waals surface area contributed by atoms with Gasteiger partial charge < -0.3 is 15.4 Å². The average molecular weight is 353 g/mol. The predicted octanol–water partition coefficient (Wildman–Crippen LogP) is 3.56. The Morgan fingerprint density at radius 3 is 2.38 bits per heavy atom. The van der Waals surface area contributed by atoms with E-state index in [1.807, 2.05) is 30.3 Å². The number of ether oxygens (including phenoxy) is 1. The van der Waals surface area contributed by atoms with Crippen LogP contribution in [0.2, 0.25) is 0 Å². The third-order valence-corrected chi connectivity index (χ3v) is 3.97. The Hall–Kier alpha value is -2.11. The molecule has 0 fully saturated rings. The van der Waals surface area contributed by atoms with E-state index in [-0.39, 0.29) is 24.1 Å². The standard InChI is InChI=1S/C18H21FN2O2.ClH/c1-12(17(20)13-7-5-4-6-8-13)18(22)21(2)14-9-10-16(23-3)15(19)11-14;/h4-12,17H,20H2,1-3H3;1H. The molecule has 0 aliphatic rings. The number of halogens is 2. The summed E-state index contributed by atoms with van der Waals surface area (Å²) in [6.45, 7) is 1.77. The quantitative estimate of drug-likeness (QED) is 0.895. The molecule has 6 heteroatoms. The molecule has 1 amide bonds. The summed E-state index contributed by atoms with van der Waals surface area (Å²) >= 11 is 0. The summed E-state index contributed by atoms with van der Waals surface area (Å²) in [5.74, 6) is -0.980. The first kappa shape index (κ1) is 19.9. The molecule has 0 saturated carbocycles. The summed E-state index contributed by atoms with van der Waals surface area (Å²) in [5, 5.41) is 0. The van der Waals surface area contributed by atoms with Gasteiger partial charge in [0.15, 0.2) is 11.6 Å². The van der Waals surface area contributed by atoms with Crippen LogP contribution in [-0.2, 0) is 4.79 Å². The van der Waals surface area contributed by atoms with Crippen molar-refractivity contribution in [3.63, 3.8) is 0 Å². The van der Waals surface area contributed by atoms with Gasteiger partial charge >= 0.3 is 0 Å². The first-order valence-electron chi connectivity index (χ1n) is 7.37. The van der Waals surface area contributed by atoms with Gasteiger partial charge in [0.05, 0.1) is 13.0 Å². The molecule has 0 spiro atoms. The largest absolute Gasteiger partial charge is 0.494 e. The van der Waals surface area contributed by atoms with E-state index in [4.69, 9.17) is 10.5 Å². The smallest absolute Gasteiger partial charge is 0.231 e. The Morgan fingerprint density at radius 2 is 1.83 bits per heavy atom. The van der Waals surface area contributed by atoms with E-state index >= 15 is 0 Å². The van der Waals surface area contributed by atoms with Gasteiger partial charge in [0.25, 0.3) is 0 Å². The fourth-order valence-corrected chi connectivity index (χ4v) is 2.41. The maximum atomic E-state index is 13.8. The van der Waals surface area contributed by atoms with Crippen LogP contribution in [0.25, 0.3) is 0 Å². The van der Waals surface area contributed by atoms with E-state index in [0.717, 1.165) is 5.56 Å². The van der Waals surface area contributed by atoms with Gasteiger partial charge in [0.2, 0.25) is 5.91 Å². The molecule has 2 unspecified atom stereocenters. The van der Waals surface area contributed by atoms with Crippen molar-refractivity contribution in [3.05, 3.63) is 59.9 Å². The van der Waals surface area contributed by atoms with Crippen LogP contribution in [0.3, 0.4) is 0 Å². The lowest BCUT2D eigenvalue weighted by Gasteiger charge is -2.25. The number of carbonyl (C=O) groups excluding carboxylic acids is 1. The number of hydrogen-bond donors (Lipinski definition) is 1. The van der Waals surface area contributed by atoms with Crippen LogP contribution >= 0.6 is 12.4 Å². The third-order valence-electron chi connectivity index (χ3n) is 3.97. The van der Waals surface area contributed by atoms with Crippen LogP contribution in [0.1, 0.15) is 18.5 Å². The minimum atomic E-state index is -0.510. The maximum absolute atomic E-state index is 13.8. The fourth-order valence-electron chi connectivity index (χ4n) is 2.41. The Balaban J connectivity index is 0.00000288. The normalized spacial score (nSPS) is 12.7. The molecule has 2 aromatic rings. The van der Waals surface area contributed by atoms with E-state index in [2.05, 4.69) is 0 Å². The highest BCUT2D eigenvalue weighted by Crippen LogP contribution is 2.26. The molecule has 24 heavy (non-hydrogen) atoms. The number of benzene rings is 2. The minimum absolute atomic E-state index is 0. The zero-order chi connectivity index (χ0) is 17.0. The molecule has 0 bridgehead atoms. The maximum Gasteiger partial charge on any atom is 0.231 e. The average Bonchev–Trinajstić information content (AvgIpc) is 2.59. The van der Waals surface area contributed by atoms with Crippen LogP contribution in [-0.4, -0.2) is 20.1 Å². The number of methoxy groups -OCH3 is 1. The number of nitrogens with two attached hydrogens (primary N) is 1. The van der Waals surface area contributed by atoms with Crippen molar-refractivity contribution < 1.29 is 13.9 Å². The Kier molecular flexibility index (Phi) is 7.19. The topological polar surface area (TPSA) is 55.6 Å². The zero-order valence-electron chi connectivity index (χ0n) is 13.9. The van der Waals surface area contributed by atoms with Gasteiger partial charge in [0.1, 0.15) is 0 Å². The second kappa shape index (κ2) is 8.66. The summed E-state index contributed by atoms with van der Waals surface area (Å²) in [4.78, 5) is 14.0. The molecule has 2 rings (SSSR count). The summed E-state index contributed by atoms with van der Waals surface area (Å²) in [7, 11) is 3.01. The zero-order valence-corrected chi connectivity index (χ0v) is 14.7. The van der Waals surface area contributed by atoms with Crippen molar-refractivity contribution in [2.45, 2.75) is 13.0 Å². The number of anilines is 1. The molecular formula is C18H22ClFN2O2. The van der Waals surface area contributed by atoms with E-state index in [9.17, 15) is 9.18 Å². The van der Waals surface area contributed by atoms with Crippen molar-refractivity contribution in [1.82, 2.24) is 0 Å². The predicted molar refractivity (Wildman–Crippen MR) is 96.1 cm³/mol. The molecule has 0 aromatic heterocycles. The highest BCUT2D eigenvalue weighted by molar-refractivity contribution is 5.94. The lowest BCUT2D eigenvalue weighted by molar-refractivity contribution is -0.122. The van der Waals surface area contributed by atoms with Crippen LogP contribution in [0, 0.1) is 11.7 Å². The molecule has 0 aliphatic carbocycles. The van der Waals surface area contributed by atoms with E-state index < -0.39 is 17.8 Å². The van der Waals surface area contributed by atoms with Crippen molar-refractivity contribution >= 4 is 24.0 Å². The molecule has 2 aromatic carbocycles. The molecule has 2 N–H and O–H groups in total. The summed E-state index contributed by atoms with van der Waals surface area (Å²) in [6.07, 6.45) is 0. The monoisotopic (exact) mass is 352 g/mol. The second-order valence-electron chi connectivity index (χ2n) is 5.44. The molecule has 0 radical (unpaired) electrons. The number of carbonyl (C=O) groups is 1. The van der Waals surface area contributed by atoms with E-state index in [1.165, 1.54) is 24.1 Å². The summed E-state index contributed by atoms with van der Waals surface area (Å²) < 4.78 is 18.7. The highest BCUT2D eigenvalue weighted by Gasteiger charge is 2.26. The van der Waals surface area contributed by atoms with E-state index in [0.29, 0.717) is 5.69 Å². The van der Waals surface area contributed by atoms with Gasteiger partial charge in [-0.3, -0.25) is 4.79 Å². The Labute approximate surface area is 147 Å². The lowest BCUT2D eigenvalue weighted by atomic mass is 9.94. The number of hydrogen-bond acceptors (Lipinski definition) is 3. The number of rotatable bonds is 5. The molecule has 130 valence electrons. The molecule has 0 heterocycles. The van der Waals surface area contributed by atoms with Gasteiger partial charge in [-0.1, -0.05) is 37.3 Å². The van der Waals surface area contributed by atoms with Crippen LogP contribution in [0.4, 0.5) is 10.1 Å². The van der Waals surface area contributed by atoms with Crippen molar-refractivity contribution in [2.24, 2.45) is 11.7 Å². The summed E-state index contributed by atoms with van der Waals surface area (Å²) in [6, 6.07) is 13.4. The molecule has 0 saturated heterocycles. The van der Waals surface area contributed by atoms with Gasteiger partial charge in [-0.15, -0.1) is 12.4 Å². The molecule has 0 aliphatic heterocycles. The second-order valence-corrected chi connectivity index (χ2v) is 5.44. The van der Waals surface area contributed by atoms with Gasteiger partial charge in [0, 0.05) is 24.8 Å². The van der Waals surface area contributed by atoms with Gasteiger partial charge in [-0.25, -0.2) is 4.39 Å². The summed E-state index contributed by atoms with van der Waals surface area (Å²) in [5.41, 5.74) is 7.54.